The second-order valence-corrected chi connectivity index (χ2v) is 6.64. The molecule has 0 saturated heterocycles. The lowest BCUT2D eigenvalue weighted by molar-refractivity contribution is 0.0924. The number of carbonyl (C=O) groups is 1. The number of aromatic nitrogens is 2. The molecule has 1 aromatic carbocycles. The average molecular weight is 333 g/mol. The number of hydrogen-bond acceptors (Lipinski definition) is 2. The van der Waals surface area contributed by atoms with Gasteiger partial charge in [0.05, 0.1) is 5.69 Å². The van der Waals surface area contributed by atoms with Crippen LogP contribution in [0.4, 0.5) is 8.78 Å². The maximum atomic E-state index is 13.5. The summed E-state index contributed by atoms with van der Waals surface area (Å²) in [7, 11) is 0. The highest BCUT2D eigenvalue weighted by atomic mass is 19.2. The van der Waals surface area contributed by atoms with Crippen LogP contribution < -0.4 is 5.32 Å². The number of carbonyl (C=O) groups excluding carboxylic acids is 1. The molecule has 1 N–H and O–H groups in total. The fourth-order valence-corrected chi connectivity index (χ4v) is 2.89. The summed E-state index contributed by atoms with van der Waals surface area (Å²) in [6.45, 7) is 6.03. The van der Waals surface area contributed by atoms with E-state index in [1.807, 2.05) is 20.8 Å². The van der Waals surface area contributed by atoms with E-state index in [4.69, 9.17) is 0 Å². The zero-order chi connectivity index (χ0) is 17.4. The normalized spacial score (nSPS) is 14.8. The summed E-state index contributed by atoms with van der Waals surface area (Å²) in [4.78, 5) is 12.6. The summed E-state index contributed by atoms with van der Waals surface area (Å²) in [5.41, 5.74) is 2.64. The molecule has 24 heavy (non-hydrogen) atoms. The lowest BCUT2D eigenvalue weighted by Crippen LogP contribution is -2.36. The highest BCUT2D eigenvalue weighted by molar-refractivity contribution is 5.94. The fraction of sp³-hybridized carbons (Fsp3) is 0.444. The smallest absolute Gasteiger partial charge is 0.272 e. The number of benzene rings is 1. The number of rotatable bonds is 4. The third-order valence-electron chi connectivity index (χ3n) is 4.65. The standard InChI is InChI=1S/C18H21F2N3O/c1-10(2)11(3)21-18(24)17-13-5-4-6-16(13)23(22-17)12-7-8-14(19)15(20)9-12/h7-11H,4-6H2,1-3H3,(H,21,24)/t11-/m1/s1. The van der Waals surface area contributed by atoms with Crippen LogP contribution in [0.3, 0.4) is 0 Å². The third-order valence-corrected chi connectivity index (χ3v) is 4.65. The van der Waals surface area contributed by atoms with E-state index in [9.17, 15) is 13.6 Å². The Morgan fingerprint density at radius 3 is 2.62 bits per heavy atom. The van der Waals surface area contributed by atoms with Crippen molar-refractivity contribution < 1.29 is 13.6 Å². The van der Waals surface area contributed by atoms with Gasteiger partial charge in [-0.3, -0.25) is 4.79 Å². The van der Waals surface area contributed by atoms with Gasteiger partial charge in [-0.05, 0) is 44.2 Å². The van der Waals surface area contributed by atoms with Crippen LogP contribution in [-0.4, -0.2) is 21.7 Å². The molecule has 3 rings (SSSR count). The number of halogens is 2. The number of hydrogen-bond donors (Lipinski definition) is 1. The quantitative estimate of drug-likeness (QED) is 0.932. The van der Waals surface area contributed by atoms with Crippen molar-refractivity contribution in [1.82, 2.24) is 15.1 Å². The summed E-state index contributed by atoms with van der Waals surface area (Å²) < 4.78 is 28.3. The number of fused-ring (bicyclic) bond motifs is 1. The van der Waals surface area contributed by atoms with Crippen molar-refractivity contribution in [3.05, 3.63) is 46.8 Å². The monoisotopic (exact) mass is 333 g/mol. The van der Waals surface area contributed by atoms with Crippen LogP contribution >= 0.6 is 0 Å². The van der Waals surface area contributed by atoms with Crippen LogP contribution in [0.25, 0.3) is 5.69 Å². The Hall–Kier alpha value is -2.24. The highest BCUT2D eigenvalue weighted by Crippen LogP contribution is 2.28. The van der Waals surface area contributed by atoms with Crippen molar-refractivity contribution in [2.24, 2.45) is 5.92 Å². The van der Waals surface area contributed by atoms with Crippen LogP contribution in [0.5, 0.6) is 0 Å². The van der Waals surface area contributed by atoms with Crippen molar-refractivity contribution in [2.75, 3.05) is 0 Å². The molecule has 1 aliphatic rings. The molecule has 0 aliphatic heterocycles. The van der Waals surface area contributed by atoms with Crippen molar-refractivity contribution in [1.29, 1.82) is 0 Å². The first kappa shape index (κ1) is 16.6. The van der Waals surface area contributed by atoms with Crippen LogP contribution in [0, 0.1) is 17.6 Å². The van der Waals surface area contributed by atoms with Crippen molar-refractivity contribution >= 4 is 5.91 Å². The Morgan fingerprint density at radius 1 is 1.21 bits per heavy atom. The van der Waals surface area contributed by atoms with Gasteiger partial charge in [-0.15, -0.1) is 0 Å². The van der Waals surface area contributed by atoms with E-state index in [2.05, 4.69) is 10.4 Å². The minimum Gasteiger partial charge on any atom is -0.348 e. The van der Waals surface area contributed by atoms with Gasteiger partial charge in [0.15, 0.2) is 17.3 Å². The molecule has 0 unspecified atom stereocenters. The topological polar surface area (TPSA) is 46.9 Å². The molecule has 0 fully saturated rings. The maximum Gasteiger partial charge on any atom is 0.272 e. The highest BCUT2D eigenvalue weighted by Gasteiger charge is 2.28. The molecule has 4 nitrogen and oxygen atoms in total. The zero-order valence-electron chi connectivity index (χ0n) is 14.1. The molecule has 1 aliphatic carbocycles. The van der Waals surface area contributed by atoms with Gasteiger partial charge >= 0.3 is 0 Å². The molecule has 2 aromatic rings. The predicted octanol–water partition coefficient (Wildman–Crippen LogP) is 3.41. The van der Waals surface area contributed by atoms with E-state index in [0.29, 0.717) is 17.3 Å². The largest absolute Gasteiger partial charge is 0.348 e. The van der Waals surface area contributed by atoms with Gasteiger partial charge in [0.2, 0.25) is 0 Å². The Kier molecular flexibility index (Phi) is 4.39. The van der Waals surface area contributed by atoms with Crippen LogP contribution in [0.15, 0.2) is 18.2 Å². The van der Waals surface area contributed by atoms with Gasteiger partial charge in [0.25, 0.3) is 5.91 Å². The molecule has 0 saturated carbocycles. The van der Waals surface area contributed by atoms with Gasteiger partial charge < -0.3 is 5.32 Å². The molecule has 0 radical (unpaired) electrons. The molecular weight excluding hydrogens is 312 g/mol. The van der Waals surface area contributed by atoms with Crippen molar-refractivity contribution in [2.45, 2.75) is 46.1 Å². The second-order valence-electron chi connectivity index (χ2n) is 6.64. The Morgan fingerprint density at radius 2 is 1.96 bits per heavy atom. The van der Waals surface area contributed by atoms with E-state index in [-0.39, 0.29) is 11.9 Å². The van der Waals surface area contributed by atoms with E-state index in [1.54, 1.807) is 4.68 Å². The average Bonchev–Trinajstić information content (AvgIpc) is 3.11. The van der Waals surface area contributed by atoms with E-state index in [1.165, 1.54) is 6.07 Å². The SMILES string of the molecule is CC(C)[C@@H](C)NC(=O)c1nn(-c2ccc(F)c(F)c2)c2c1CCC2. The van der Waals surface area contributed by atoms with Crippen LogP contribution in [-0.2, 0) is 12.8 Å². The maximum absolute atomic E-state index is 13.5. The van der Waals surface area contributed by atoms with Gasteiger partial charge in [-0.2, -0.15) is 5.10 Å². The lowest BCUT2D eigenvalue weighted by Gasteiger charge is -2.16. The fourth-order valence-electron chi connectivity index (χ4n) is 2.89. The van der Waals surface area contributed by atoms with Crippen molar-refractivity contribution in [3.8, 4) is 5.69 Å². The van der Waals surface area contributed by atoms with E-state index in [0.717, 1.165) is 42.7 Å². The second kappa shape index (κ2) is 6.34. The summed E-state index contributed by atoms with van der Waals surface area (Å²) in [6, 6.07) is 3.69. The number of nitrogens with zero attached hydrogens (tertiary/aromatic N) is 2. The Bertz CT molecular complexity index is 783. The number of amides is 1. The Labute approximate surface area is 139 Å². The minimum absolute atomic E-state index is 0.0305. The first-order valence-electron chi connectivity index (χ1n) is 8.25. The van der Waals surface area contributed by atoms with Crippen LogP contribution in [0.1, 0.15) is 48.9 Å². The van der Waals surface area contributed by atoms with Gasteiger partial charge in [-0.25, -0.2) is 13.5 Å². The summed E-state index contributed by atoms with van der Waals surface area (Å²) in [5.74, 6) is -1.72. The molecule has 1 amide bonds. The summed E-state index contributed by atoms with van der Waals surface area (Å²) >= 11 is 0. The molecular formula is C18H21F2N3O. The van der Waals surface area contributed by atoms with E-state index >= 15 is 0 Å². The summed E-state index contributed by atoms with van der Waals surface area (Å²) in [5, 5.41) is 7.36. The molecule has 128 valence electrons. The molecule has 1 atom stereocenters. The predicted molar refractivity (Wildman–Crippen MR) is 87.3 cm³/mol. The van der Waals surface area contributed by atoms with Crippen LogP contribution in [0.2, 0.25) is 0 Å². The van der Waals surface area contributed by atoms with Gasteiger partial charge in [-0.1, -0.05) is 13.8 Å². The zero-order valence-corrected chi connectivity index (χ0v) is 14.1. The molecule has 1 heterocycles. The first-order valence-corrected chi connectivity index (χ1v) is 8.25. The molecule has 1 aromatic heterocycles. The molecule has 0 spiro atoms. The van der Waals surface area contributed by atoms with Gasteiger partial charge in [0, 0.05) is 23.4 Å². The number of nitrogens with one attached hydrogen (secondary N) is 1. The third kappa shape index (κ3) is 2.92. The summed E-state index contributed by atoms with van der Waals surface area (Å²) in [6.07, 6.45) is 2.48. The Balaban J connectivity index is 1.98. The van der Waals surface area contributed by atoms with Gasteiger partial charge in [0.1, 0.15) is 0 Å². The van der Waals surface area contributed by atoms with E-state index < -0.39 is 11.6 Å². The molecule has 6 heteroatoms. The van der Waals surface area contributed by atoms with Crippen molar-refractivity contribution in [3.63, 3.8) is 0 Å². The first-order chi connectivity index (χ1) is 11.4. The molecule has 0 bridgehead atoms. The minimum atomic E-state index is -0.922. The lowest BCUT2D eigenvalue weighted by atomic mass is 10.1.